The van der Waals surface area contributed by atoms with Crippen LogP contribution in [0.15, 0.2) is 38.6 Å². The second kappa shape index (κ2) is 5.10. The zero-order valence-electron chi connectivity index (χ0n) is 9.71. The minimum atomic E-state index is 0.401. The summed E-state index contributed by atoms with van der Waals surface area (Å²) in [7, 11) is 0. The van der Waals surface area contributed by atoms with Crippen molar-refractivity contribution in [2.45, 2.75) is 6.42 Å². The highest BCUT2D eigenvalue weighted by Crippen LogP contribution is 2.22. The van der Waals surface area contributed by atoms with Crippen molar-refractivity contribution in [1.29, 1.82) is 0 Å². The highest BCUT2D eigenvalue weighted by Gasteiger charge is 2.12. The first-order chi connectivity index (χ1) is 9.20. The van der Waals surface area contributed by atoms with Crippen molar-refractivity contribution in [2.75, 3.05) is 5.73 Å². The number of hydrogen-bond donors (Lipinski definition) is 1. The monoisotopic (exact) mass is 336 g/mol. The molecule has 0 amide bonds. The highest BCUT2D eigenvalue weighted by molar-refractivity contribution is 9.10. The molecule has 5 nitrogen and oxygen atoms in total. The maximum absolute atomic E-state index is 5.58. The summed E-state index contributed by atoms with van der Waals surface area (Å²) in [5.74, 6) is 1.03. The van der Waals surface area contributed by atoms with Crippen LogP contribution >= 0.6 is 27.3 Å². The molecule has 0 aliphatic rings. The number of anilines is 1. The minimum Gasteiger partial charge on any atom is -0.375 e. The van der Waals surface area contributed by atoms with E-state index in [0.29, 0.717) is 29.0 Å². The number of halogens is 1. The third-order valence-electron chi connectivity index (χ3n) is 2.46. The maximum Gasteiger partial charge on any atom is 0.277 e. The minimum absolute atomic E-state index is 0.401. The second-order valence-electron chi connectivity index (χ2n) is 3.89. The number of thiazole rings is 1. The van der Waals surface area contributed by atoms with Gasteiger partial charge in [0.2, 0.25) is 0 Å². The number of aromatic nitrogens is 3. The molecular weight excluding hydrogens is 328 g/mol. The first-order valence-electron chi connectivity index (χ1n) is 5.49. The predicted molar refractivity (Wildman–Crippen MR) is 76.8 cm³/mol. The van der Waals surface area contributed by atoms with Crippen LogP contribution in [0.3, 0.4) is 0 Å². The van der Waals surface area contributed by atoms with Gasteiger partial charge in [-0.3, -0.25) is 0 Å². The van der Waals surface area contributed by atoms with Crippen LogP contribution in [0.25, 0.3) is 11.6 Å². The molecule has 0 fully saturated rings. The molecule has 2 N–H and O–H groups in total. The second-order valence-corrected chi connectivity index (χ2v) is 5.70. The third kappa shape index (κ3) is 2.82. The Hall–Kier alpha value is -1.73. The zero-order valence-corrected chi connectivity index (χ0v) is 12.1. The summed E-state index contributed by atoms with van der Waals surface area (Å²) in [5, 5.41) is 6.23. The van der Waals surface area contributed by atoms with E-state index in [9.17, 15) is 0 Å². The molecule has 0 bridgehead atoms. The van der Waals surface area contributed by atoms with Crippen LogP contribution in [-0.4, -0.2) is 15.1 Å². The number of nitrogens with two attached hydrogens (primary N) is 1. The van der Waals surface area contributed by atoms with E-state index in [1.807, 2.05) is 24.3 Å². The van der Waals surface area contributed by atoms with E-state index in [1.54, 1.807) is 5.38 Å². The molecule has 0 spiro atoms. The predicted octanol–water partition coefficient (Wildman–Crippen LogP) is 3.13. The van der Waals surface area contributed by atoms with Gasteiger partial charge in [-0.2, -0.15) is 4.98 Å². The van der Waals surface area contributed by atoms with Crippen molar-refractivity contribution in [1.82, 2.24) is 15.1 Å². The summed E-state index contributed by atoms with van der Waals surface area (Å²) < 4.78 is 6.21. The zero-order chi connectivity index (χ0) is 13.2. The van der Waals surface area contributed by atoms with Crippen molar-refractivity contribution >= 4 is 32.4 Å². The Morgan fingerprint density at radius 2 is 2.21 bits per heavy atom. The quantitative estimate of drug-likeness (QED) is 0.794. The SMILES string of the molecule is Nc1nc(-c2nc(Cc3cccc(Br)c3)no2)cs1. The maximum atomic E-state index is 5.58. The Bertz CT molecular complexity index is 709. The van der Waals surface area contributed by atoms with E-state index in [1.165, 1.54) is 11.3 Å². The first kappa shape index (κ1) is 12.3. The Morgan fingerprint density at radius 3 is 2.95 bits per heavy atom. The van der Waals surface area contributed by atoms with Crippen LogP contribution in [0.2, 0.25) is 0 Å². The Kier molecular flexibility index (Phi) is 3.31. The lowest BCUT2D eigenvalue weighted by atomic mass is 10.1. The number of nitrogen functional groups attached to an aromatic ring is 1. The lowest BCUT2D eigenvalue weighted by Crippen LogP contribution is -1.90. The average Bonchev–Trinajstić information content (AvgIpc) is 2.98. The van der Waals surface area contributed by atoms with Crippen molar-refractivity contribution < 1.29 is 4.52 Å². The van der Waals surface area contributed by atoms with Crippen LogP contribution in [0.1, 0.15) is 11.4 Å². The molecule has 96 valence electrons. The lowest BCUT2D eigenvalue weighted by molar-refractivity contribution is 0.423. The van der Waals surface area contributed by atoms with E-state index in [2.05, 4.69) is 31.1 Å². The molecule has 0 saturated heterocycles. The van der Waals surface area contributed by atoms with Crippen molar-refractivity contribution in [2.24, 2.45) is 0 Å². The first-order valence-corrected chi connectivity index (χ1v) is 7.16. The molecule has 0 unspecified atom stereocenters. The summed E-state index contributed by atoms with van der Waals surface area (Å²) in [4.78, 5) is 8.42. The van der Waals surface area contributed by atoms with Crippen LogP contribution < -0.4 is 5.73 Å². The van der Waals surface area contributed by atoms with Crippen molar-refractivity contribution in [3.8, 4) is 11.6 Å². The van der Waals surface area contributed by atoms with Gasteiger partial charge in [0.05, 0.1) is 0 Å². The smallest absolute Gasteiger partial charge is 0.277 e. The van der Waals surface area contributed by atoms with E-state index < -0.39 is 0 Å². The fourth-order valence-corrected chi connectivity index (χ4v) is 2.63. The highest BCUT2D eigenvalue weighted by atomic mass is 79.9. The fourth-order valence-electron chi connectivity index (χ4n) is 1.65. The molecule has 2 heterocycles. The van der Waals surface area contributed by atoms with Gasteiger partial charge in [-0.05, 0) is 17.7 Å². The van der Waals surface area contributed by atoms with E-state index in [0.717, 1.165) is 10.0 Å². The van der Waals surface area contributed by atoms with Gasteiger partial charge in [-0.1, -0.05) is 33.2 Å². The standard InChI is InChI=1S/C12H9BrN4OS/c13-8-3-1-2-7(4-8)5-10-16-11(18-17-10)9-6-19-12(14)15-9/h1-4,6H,5H2,(H2,14,15). The fraction of sp³-hybridized carbons (Fsp3) is 0.0833. The van der Waals surface area contributed by atoms with Crippen LogP contribution in [0.4, 0.5) is 5.13 Å². The van der Waals surface area contributed by atoms with Gasteiger partial charge in [-0.25, -0.2) is 4.98 Å². The molecule has 0 aliphatic heterocycles. The molecule has 0 atom stereocenters. The molecule has 7 heteroatoms. The largest absolute Gasteiger partial charge is 0.375 e. The normalized spacial score (nSPS) is 10.8. The number of rotatable bonds is 3. The van der Waals surface area contributed by atoms with Crippen molar-refractivity contribution in [3.05, 3.63) is 45.5 Å². The summed E-state index contributed by atoms with van der Waals surface area (Å²) in [6, 6.07) is 7.99. The molecule has 3 aromatic rings. The number of hydrogen-bond acceptors (Lipinski definition) is 6. The molecule has 0 saturated carbocycles. The molecule has 0 radical (unpaired) electrons. The Balaban J connectivity index is 1.82. The molecule has 19 heavy (non-hydrogen) atoms. The average molecular weight is 337 g/mol. The van der Waals surface area contributed by atoms with Crippen molar-refractivity contribution in [3.63, 3.8) is 0 Å². The lowest BCUT2D eigenvalue weighted by Gasteiger charge is -1.96. The topological polar surface area (TPSA) is 77.8 Å². The molecule has 3 rings (SSSR count). The summed E-state index contributed by atoms with van der Waals surface area (Å²) in [6.45, 7) is 0. The van der Waals surface area contributed by atoms with Crippen LogP contribution in [0.5, 0.6) is 0 Å². The molecule has 1 aromatic carbocycles. The summed E-state index contributed by atoms with van der Waals surface area (Å²) >= 11 is 4.78. The van der Waals surface area contributed by atoms with E-state index in [4.69, 9.17) is 10.3 Å². The molecule has 2 aromatic heterocycles. The van der Waals surface area contributed by atoms with Gasteiger partial charge in [-0.15, -0.1) is 11.3 Å². The van der Waals surface area contributed by atoms with Crippen LogP contribution in [-0.2, 0) is 6.42 Å². The van der Waals surface area contributed by atoms with Gasteiger partial charge in [0.25, 0.3) is 5.89 Å². The van der Waals surface area contributed by atoms with Gasteiger partial charge >= 0.3 is 0 Å². The summed E-state index contributed by atoms with van der Waals surface area (Å²) in [6.07, 6.45) is 0.614. The van der Waals surface area contributed by atoms with E-state index in [-0.39, 0.29) is 0 Å². The Labute approximate surface area is 121 Å². The van der Waals surface area contributed by atoms with Gasteiger partial charge in [0.1, 0.15) is 5.69 Å². The summed E-state index contributed by atoms with van der Waals surface area (Å²) in [5.41, 5.74) is 7.31. The molecule has 0 aliphatic carbocycles. The number of benzene rings is 1. The van der Waals surface area contributed by atoms with Gasteiger partial charge < -0.3 is 10.3 Å². The van der Waals surface area contributed by atoms with E-state index >= 15 is 0 Å². The van der Waals surface area contributed by atoms with Gasteiger partial charge in [0, 0.05) is 16.3 Å². The Morgan fingerprint density at radius 1 is 1.32 bits per heavy atom. The van der Waals surface area contributed by atoms with Crippen LogP contribution in [0, 0.1) is 0 Å². The van der Waals surface area contributed by atoms with Gasteiger partial charge in [0.15, 0.2) is 11.0 Å². The number of nitrogens with zero attached hydrogens (tertiary/aromatic N) is 3. The molecular formula is C12H9BrN4OS. The third-order valence-corrected chi connectivity index (χ3v) is 3.63.